The molecule has 1 aromatic carbocycles. The van der Waals surface area contributed by atoms with E-state index in [1.165, 1.54) is 0 Å². The minimum Gasteiger partial charge on any atom is -0.489 e. The summed E-state index contributed by atoms with van der Waals surface area (Å²) >= 11 is 0. The molecular weight excluding hydrogens is 254 g/mol. The third-order valence-electron chi connectivity index (χ3n) is 3.81. The zero-order valence-electron chi connectivity index (χ0n) is 12.3. The largest absolute Gasteiger partial charge is 0.489 e. The van der Waals surface area contributed by atoms with Crippen molar-refractivity contribution in [3.8, 4) is 5.75 Å². The number of carbonyl (C=O) groups is 1. The molecule has 0 aliphatic carbocycles. The lowest BCUT2D eigenvalue weighted by Gasteiger charge is -2.25. The van der Waals surface area contributed by atoms with Crippen molar-refractivity contribution in [2.24, 2.45) is 11.1 Å². The number of anilines is 2. The maximum absolute atomic E-state index is 11.5. The van der Waals surface area contributed by atoms with Crippen molar-refractivity contribution in [1.82, 2.24) is 0 Å². The van der Waals surface area contributed by atoms with Gasteiger partial charge in [-0.1, -0.05) is 6.07 Å². The molecule has 1 aromatic rings. The molecule has 5 heteroatoms. The predicted molar refractivity (Wildman–Crippen MR) is 80.7 cm³/mol. The fraction of sp³-hybridized carbons (Fsp3) is 0.533. The molecule has 0 saturated carbocycles. The molecule has 0 aromatic heterocycles. The van der Waals surface area contributed by atoms with Gasteiger partial charge in [-0.2, -0.15) is 0 Å². The molecule has 2 rings (SSSR count). The molecule has 1 unspecified atom stereocenters. The number of primary amides is 1. The summed E-state index contributed by atoms with van der Waals surface area (Å²) in [7, 11) is 0. The van der Waals surface area contributed by atoms with Crippen LogP contribution in [0.1, 0.15) is 27.2 Å². The lowest BCUT2D eigenvalue weighted by atomic mass is 9.89. The maximum Gasteiger partial charge on any atom is 0.225 e. The van der Waals surface area contributed by atoms with E-state index >= 15 is 0 Å². The first kappa shape index (κ1) is 14.5. The minimum absolute atomic E-state index is 0.0713. The molecule has 1 heterocycles. The van der Waals surface area contributed by atoms with Gasteiger partial charge in [-0.15, -0.1) is 0 Å². The number of nitrogen functional groups attached to an aromatic ring is 1. The van der Waals surface area contributed by atoms with Gasteiger partial charge in [0.25, 0.3) is 0 Å². The number of nitrogens with zero attached hydrogens (tertiary/aromatic N) is 1. The fourth-order valence-electron chi connectivity index (χ4n) is 2.53. The molecule has 1 aliphatic heterocycles. The van der Waals surface area contributed by atoms with E-state index in [-0.39, 0.29) is 12.0 Å². The molecular formula is C15H23N3O2. The van der Waals surface area contributed by atoms with Crippen LogP contribution in [-0.4, -0.2) is 25.1 Å². The summed E-state index contributed by atoms with van der Waals surface area (Å²) in [5.41, 5.74) is 12.7. The third kappa shape index (κ3) is 2.66. The predicted octanol–water partition coefficient (Wildman–Crippen LogP) is 1.76. The molecule has 110 valence electrons. The van der Waals surface area contributed by atoms with Crippen molar-refractivity contribution in [3.63, 3.8) is 0 Å². The summed E-state index contributed by atoms with van der Waals surface area (Å²) in [5, 5.41) is 0. The summed E-state index contributed by atoms with van der Waals surface area (Å²) in [6.07, 6.45) is 0.818. The van der Waals surface area contributed by atoms with Crippen LogP contribution in [0.15, 0.2) is 18.2 Å². The second-order valence-electron chi connectivity index (χ2n) is 5.95. The van der Waals surface area contributed by atoms with E-state index in [2.05, 4.69) is 4.90 Å². The van der Waals surface area contributed by atoms with Crippen LogP contribution in [0.4, 0.5) is 11.4 Å². The molecule has 0 bridgehead atoms. The van der Waals surface area contributed by atoms with Gasteiger partial charge in [0, 0.05) is 13.1 Å². The number of hydrogen-bond donors (Lipinski definition) is 2. The Morgan fingerprint density at radius 2 is 2.15 bits per heavy atom. The highest BCUT2D eigenvalue weighted by Crippen LogP contribution is 2.38. The average molecular weight is 277 g/mol. The SMILES string of the molecule is CC(C)Oc1cccc(N2CCC(C)(C(N)=O)C2)c1N. The number of carbonyl (C=O) groups excluding carboxylic acids is 1. The number of nitrogens with two attached hydrogens (primary N) is 2. The third-order valence-corrected chi connectivity index (χ3v) is 3.81. The van der Waals surface area contributed by atoms with Crippen molar-refractivity contribution in [2.45, 2.75) is 33.3 Å². The lowest BCUT2D eigenvalue weighted by molar-refractivity contribution is -0.125. The van der Waals surface area contributed by atoms with Crippen LogP contribution in [0.25, 0.3) is 0 Å². The molecule has 1 aliphatic rings. The first-order valence-electron chi connectivity index (χ1n) is 6.93. The Labute approximate surface area is 119 Å². The molecule has 1 fully saturated rings. The maximum atomic E-state index is 11.5. The van der Waals surface area contributed by atoms with Crippen molar-refractivity contribution >= 4 is 17.3 Å². The summed E-state index contributed by atoms with van der Waals surface area (Å²) in [6.45, 7) is 7.20. The van der Waals surface area contributed by atoms with Gasteiger partial charge in [0.05, 0.1) is 22.9 Å². The molecule has 1 saturated heterocycles. The summed E-state index contributed by atoms with van der Waals surface area (Å²) < 4.78 is 5.70. The van der Waals surface area contributed by atoms with Crippen LogP contribution in [0.3, 0.4) is 0 Å². The van der Waals surface area contributed by atoms with Gasteiger partial charge in [0.1, 0.15) is 5.75 Å². The van der Waals surface area contributed by atoms with E-state index in [1.807, 2.05) is 39.0 Å². The lowest BCUT2D eigenvalue weighted by Crippen LogP contribution is -2.37. The van der Waals surface area contributed by atoms with Crippen LogP contribution in [-0.2, 0) is 4.79 Å². The van der Waals surface area contributed by atoms with Crippen LogP contribution < -0.4 is 21.1 Å². The van der Waals surface area contributed by atoms with E-state index in [0.717, 1.165) is 18.7 Å². The fourth-order valence-corrected chi connectivity index (χ4v) is 2.53. The number of amides is 1. The number of para-hydroxylation sites is 1. The van der Waals surface area contributed by atoms with Crippen LogP contribution in [0, 0.1) is 5.41 Å². The van der Waals surface area contributed by atoms with Gasteiger partial charge in [0.15, 0.2) is 0 Å². The Bertz CT molecular complexity index is 516. The Hall–Kier alpha value is -1.91. The van der Waals surface area contributed by atoms with E-state index in [0.29, 0.717) is 18.0 Å². The Morgan fingerprint density at radius 3 is 2.70 bits per heavy atom. The van der Waals surface area contributed by atoms with E-state index in [1.54, 1.807) is 0 Å². The van der Waals surface area contributed by atoms with E-state index in [9.17, 15) is 4.79 Å². The normalized spacial score (nSPS) is 22.3. The highest BCUT2D eigenvalue weighted by Gasteiger charge is 2.39. The van der Waals surface area contributed by atoms with Crippen molar-refractivity contribution in [2.75, 3.05) is 23.7 Å². The van der Waals surface area contributed by atoms with Crippen molar-refractivity contribution in [1.29, 1.82) is 0 Å². The summed E-state index contributed by atoms with van der Waals surface area (Å²) in [6, 6.07) is 5.74. The van der Waals surface area contributed by atoms with E-state index < -0.39 is 5.41 Å². The molecule has 20 heavy (non-hydrogen) atoms. The number of benzene rings is 1. The quantitative estimate of drug-likeness (QED) is 0.822. The minimum atomic E-state index is -0.485. The number of rotatable bonds is 4. The Morgan fingerprint density at radius 1 is 1.45 bits per heavy atom. The zero-order chi connectivity index (χ0) is 14.9. The molecule has 1 amide bonds. The zero-order valence-corrected chi connectivity index (χ0v) is 12.3. The van der Waals surface area contributed by atoms with Gasteiger partial charge in [-0.3, -0.25) is 4.79 Å². The second-order valence-corrected chi connectivity index (χ2v) is 5.95. The van der Waals surface area contributed by atoms with Gasteiger partial charge in [-0.05, 0) is 39.3 Å². The number of hydrogen-bond acceptors (Lipinski definition) is 4. The summed E-state index contributed by atoms with van der Waals surface area (Å²) in [5.74, 6) is 0.429. The van der Waals surface area contributed by atoms with Crippen LogP contribution >= 0.6 is 0 Å². The first-order chi connectivity index (χ1) is 9.33. The molecule has 4 N–H and O–H groups in total. The molecule has 1 atom stereocenters. The monoisotopic (exact) mass is 277 g/mol. The highest BCUT2D eigenvalue weighted by molar-refractivity contribution is 5.83. The van der Waals surface area contributed by atoms with Crippen LogP contribution in [0.2, 0.25) is 0 Å². The van der Waals surface area contributed by atoms with Gasteiger partial charge in [-0.25, -0.2) is 0 Å². The second kappa shape index (κ2) is 5.23. The topological polar surface area (TPSA) is 81.6 Å². The standard InChI is InChI=1S/C15H23N3O2/c1-10(2)20-12-6-4-5-11(13(12)16)18-8-7-15(3,9-18)14(17)19/h4-6,10H,7-9,16H2,1-3H3,(H2,17,19). The van der Waals surface area contributed by atoms with Crippen molar-refractivity contribution < 1.29 is 9.53 Å². The smallest absolute Gasteiger partial charge is 0.225 e. The van der Waals surface area contributed by atoms with Crippen LogP contribution in [0.5, 0.6) is 5.75 Å². The number of ether oxygens (including phenoxy) is 1. The Balaban J connectivity index is 2.24. The first-order valence-corrected chi connectivity index (χ1v) is 6.93. The molecule has 0 radical (unpaired) electrons. The molecule has 0 spiro atoms. The van der Waals surface area contributed by atoms with Gasteiger partial charge in [0.2, 0.25) is 5.91 Å². The highest BCUT2D eigenvalue weighted by atomic mass is 16.5. The Kier molecular flexibility index (Phi) is 3.79. The van der Waals surface area contributed by atoms with Crippen molar-refractivity contribution in [3.05, 3.63) is 18.2 Å². The molecule has 5 nitrogen and oxygen atoms in total. The average Bonchev–Trinajstić information content (AvgIpc) is 2.75. The summed E-state index contributed by atoms with van der Waals surface area (Å²) in [4.78, 5) is 13.6. The van der Waals surface area contributed by atoms with Gasteiger partial charge < -0.3 is 21.1 Å². The van der Waals surface area contributed by atoms with E-state index in [4.69, 9.17) is 16.2 Å². The van der Waals surface area contributed by atoms with Gasteiger partial charge >= 0.3 is 0 Å².